The van der Waals surface area contributed by atoms with Crippen LogP contribution in [0.4, 0.5) is 4.79 Å². The highest BCUT2D eigenvalue weighted by molar-refractivity contribution is 7.09. The van der Waals surface area contributed by atoms with Crippen molar-refractivity contribution in [3.63, 3.8) is 0 Å². The number of methoxy groups -OCH3 is 1. The van der Waals surface area contributed by atoms with Gasteiger partial charge in [0.1, 0.15) is 40.8 Å². The summed E-state index contributed by atoms with van der Waals surface area (Å²) in [4.78, 5) is 62.3. The Hall–Kier alpha value is -3.79. The number of carbonyl (C=O) groups excluding carboxylic acids is 4. The van der Waals surface area contributed by atoms with Crippen LogP contribution in [0.1, 0.15) is 141 Å². The molecule has 0 aliphatic heterocycles. The second kappa shape index (κ2) is 21.5. The van der Waals surface area contributed by atoms with Crippen molar-refractivity contribution in [2.45, 2.75) is 156 Å². The molecular formula is C43H69N5O9S. The fourth-order valence-corrected chi connectivity index (χ4v) is 8.42. The number of amides is 3. The Balaban J connectivity index is 1.82. The molecule has 2 aromatic rings. The first-order valence-electron chi connectivity index (χ1n) is 20.7. The number of phenols is 1. The molecule has 14 nitrogen and oxygen atoms in total. The van der Waals surface area contributed by atoms with Gasteiger partial charge in [0.15, 0.2) is 0 Å². The number of nitrogens with one attached hydrogen (secondary N) is 2. The van der Waals surface area contributed by atoms with Gasteiger partial charge in [0.05, 0.1) is 18.7 Å². The summed E-state index contributed by atoms with van der Waals surface area (Å²) in [5.41, 5.74) is 1.13. The molecule has 0 bridgehead atoms. The zero-order valence-corrected chi connectivity index (χ0v) is 37.4. The third-order valence-corrected chi connectivity index (χ3v) is 12.1. The third kappa shape index (κ3) is 12.6. The first-order valence-corrected chi connectivity index (χ1v) is 21.6. The van der Waals surface area contributed by atoms with Crippen LogP contribution >= 0.6 is 11.3 Å². The molecule has 0 saturated carbocycles. The summed E-state index contributed by atoms with van der Waals surface area (Å²) in [6.45, 7) is 19.4. The number of phenolic OH excluding ortho intramolecular Hbond substituents is 1. The fourth-order valence-electron chi connectivity index (χ4n) is 7.59. The number of esters is 1. The molecule has 9 unspecified atom stereocenters. The van der Waals surface area contributed by atoms with Crippen LogP contribution in [0.2, 0.25) is 0 Å². The molecule has 326 valence electrons. The molecule has 0 radical (unpaired) electrons. The molecular weight excluding hydrogens is 763 g/mol. The van der Waals surface area contributed by atoms with Gasteiger partial charge in [-0.15, -0.1) is 11.3 Å². The van der Waals surface area contributed by atoms with Gasteiger partial charge in [-0.05, 0) is 81.0 Å². The van der Waals surface area contributed by atoms with Crippen molar-refractivity contribution in [2.75, 3.05) is 20.7 Å². The number of fused-ring (bicyclic) bond motifs is 1. The van der Waals surface area contributed by atoms with E-state index in [1.807, 2.05) is 48.5 Å². The number of aliphatic hydroxyl groups excluding tert-OH is 2. The number of aromatic hydroxyl groups is 1. The molecule has 58 heavy (non-hydrogen) atoms. The monoisotopic (exact) mass is 831 g/mol. The zero-order valence-electron chi connectivity index (χ0n) is 36.6. The minimum atomic E-state index is -1.19. The minimum Gasteiger partial charge on any atom is -0.508 e. The van der Waals surface area contributed by atoms with E-state index < -0.39 is 59.9 Å². The number of thiazole rings is 1. The van der Waals surface area contributed by atoms with Crippen LogP contribution in [0, 0.1) is 17.8 Å². The van der Waals surface area contributed by atoms with E-state index in [2.05, 4.69) is 15.6 Å². The van der Waals surface area contributed by atoms with E-state index in [4.69, 9.17) is 9.47 Å². The lowest BCUT2D eigenvalue weighted by Crippen LogP contribution is -2.60. The van der Waals surface area contributed by atoms with Crippen LogP contribution in [0.5, 0.6) is 5.75 Å². The van der Waals surface area contributed by atoms with Crippen molar-refractivity contribution in [3.8, 4) is 5.75 Å². The Labute approximate surface area is 349 Å². The first kappa shape index (κ1) is 48.6. The number of aliphatic hydroxyl groups is 2. The molecule has 1 aliphatic rings. The van der Waals surface area contributed by atoms with Gasteiger partial charge in [0.25, 0.3) is 0 Å². The Morgan fingerprint density at radius 3 is 2.26 bits per heavy atom. The summed E-state index contributed by atoms with van der Waals surface area (Å²) >= 11 is 1.21. The van der Waals surface area contributed by atoms with Crippen LogP contribution in [0.25, 0.3) is 0 Å². The second-order valence-corrected chi connectivity index (χ2v) is 18.1. The molecule has 0 saturated heterocycles. The predicted octanol–water partition coefficient (Wildman–Crippen LogP) is 6.20. The smallest absolute Gasteiger partial charge is 0.410 e. The maximum atomic E-state index is 14.7. The minimum absolute atomic E-state index is 0.0621. The van der Waals surface area contributed by atoms with Crippen LogP contribution in [0.3, 0.4) is 0 Å². The first-order chi connectivity index (χ1) is 27.2. The summed E-state index contributed by atoms with van der Waals surface area (Å²) in [6, 6.07) is 2.43. The molecule has 1 aromatic heterocycles. The van der Waals surface area contributed by atoms with Crippen molar-refractivity contribution >= 4 is 35.2 Å². The second-order valence-electron chi connectivity index (χ2n) is 17.2. The zero-order chi connectivity index (χ0) is 43.6. The lowest BCUT2D eigenvalue weighted by molar-refractivity contribution is -0.143. The maximum absolute atomic E-state index is 14.7. The number of hydrogen-bond donors (Lipinski definition) is 5. The van der Waals surface area contributed by atoms with E-state index in [1.165, 1.54) is 23.3 Å². The number of ether oxygens (including phenoxy) is 2. The topological polar surface area (TPSA) is 191 Å². The number of benzene rings is 1. The third-order valence-electron chi connectivity index (χ3n) is 11.2. The van der Waals surface area contributed by atoms with Crippen LogP contribution in [-0.2, 0) is 30.3 Å². The standard InChI is InChI=1S/C43H69N5O9S/c1-13-18-48(40(53)35(25(6)14-2)46-38(52)36(26(7)15-3)47(11)42(55)57-43(8,9)10)33(24(4)5)22-34(50)39-45-32(23-58-39)37(51)44-28-19-27-16-17-29(49)21-30(27)31(20-28)41(54)56-12/h16-17,21,23-26,28,31,33-37,44,49-51H,13-15,18-20,22H2,1-12H3,(H,46,52). The van der Waals surface area contributed by atoms with E-state index in [0.29, 0.717) is 54.9 Å². The van der Waals surface area contributed by atoms with E-state index in [-0.39, 0.29) is 41.9 Å². The number of hydrogen-bond acceptors (Lipinski definition) is 12. The Morgan fingerprint density at radius 1 is 1.03 bits per heavy atom. The summed E-state index contributed by atoms with van der Waals surface area (Å²) < 4.78 is 10.6. The molecule has 3 amide bonds. The molecule has 3 rings (SSSR count). The normalized spacial score (nSPS) is 19.2. The maximum Gasteiger partial charge on any atom is 0.410 e. The average molecular weight is 832 g/mol. The largest absolute Gasteiger partial charge is 0.508 e. The van der Waals surface area contributed by atoms with Crippen molar-refractivity contribution in [2.24, 2.45) is 17.8 Å². The van der Waals surface area contributed by atoms with E-state index in [9.17, 15) is 34.5 Å². The summed E-state index contributed by atoms with van der Waals surface area (Å²) in [6.07, 6.45) is 0.0249. The number of aromatic nitrogens is 1. The van der Waals surface area contributed by atoms with Crippen molar-refractivity contribution < 1.29 is 44.0 Å². The summed E-state index contributed by atoms with van der Waals surface area (Å²) in [5.74, 6) is -2.21. The van der Waals surface area contributed by atoms with Crippen LogP contribution in [0.15, 0.2) is 23.6 Å². The van der Waals surface area contributed by atoms with Crippen molar-refractivity contribution in [3.05, 3.63) is 45.4 Å². The van der Waals surface area contributed by atoms with Crippen molar-refractivity contribution in [1.29, 1.82) is 0 Å². The highest BCUT2D eigenvalue weighted by Gasteiger charge is 2.40. The van der Waals surface area contributed by atoms with Gasteiger partial charge in [-0.3, -0.25) is 24.6 Å². The Kier molecular flexibility index (Phi) is 18.0. The highest BCUT2D eigenvalue weighted by atomic mass is 32.1. The van der Waals surface area contributed by atoms with E-state index in [1.54, 1.807) is 56.3 Å². The van der Waals surface area contributed by atoms with Gasteiger partial charge in [-0.25, -0.2) is 9.78 Å². The number of likely N-dealkylation sites (N-methyl/N-ethyl adjacent to an activating group) is 1. The number of rotatable bonds is 19. The average Bonchev–Trinajstić information content (AvgIpc) is 3.67. The Bertz CT molecular complexity index is 1680. The molecule has 1 heterocycles. The highest BCUT2D eigenvalue weighted by Crippen LogP contribution is 2.36. The van der Waals surface area contributed by atoms with Gasteiger partial charge in [0.2, 0.25) is 11.8 Å². The fraction of sp³-hybridized carbons (Fsp3) is 0.698. The molecule has 9 atom stereocenters. The van der Waals surface area contributed by atoms with E-state index in [0.717, 1.165) is 5.56 Å². The number of nitrogens with zero attached hydrogens (tertiary/aromatic N) is 3. The van der Waals surface area contributed by atoms with Gasteiger partial charge >= 0.3 is 12.1 Å². The van der Waals surface area contributed by atoms with Gasteiger partial charge < -0.3 is 35.0 Å². The number of carbonyl (C=O) groups is 4. The lowest BCUT2D eigenvalue weighted by Gasteiger charge is -2.40. The lowest BCUT2D eigenvalue weighted by atomic mass is 9.80. The van der Waals surface area contributed by atoms with Gasteiger partial charge in [-0.2, -0.15) is 0 Å². The SMILES string of the molecule is CCCN(C(=O)C(NC(=O)C(C(C)CC)N(C)C(=O)OC(C)(C)C)C(C)CC)C(CC(O)c1nc(C(O)NC2Cc3ccc(O)cc3C(C(=O)OC)C2)cs1)C(C)C. The quantitative estimate of drug-likeness (QED) is 0.0801. The summed E-state index contributed by atoms with van der Waals surface area (Å²) in [5, 5.41) is 41.2. The molecule has 1 aromatic carbocycles. The van der Waals surface area contributed by atoms with Gasteiger partial charge in [0, 0.05) is 37.5 Å². The van der Waals surface area contributed by atoms with E-state index >= 15 is 0 Å². The van der Waals surface area contributed by atoms with Crippen molar-refractivity contribution in [1.82, 2.24) is 25.4 Å². The molecule has 0 fully saturated rings. The molecule has 15 heteroatoms. The molecule has 5 N–H and O–H groups in total. The Morgan fingerprint density at radius 2 is 1.69 bits per heavy atom. The van der Waals surface area contributed by atoms with Crippen LogP contribution < -0.4 is 10.6 Å². The van der Waals surface area contributed by atoms with Gasteiger partial charge in [-0.1, -0.05) is 67.4 Å². The summed E-state index contributed by atoms with van der Waals surface area (Å²) in [7, 11) is 2.87. The van der Waals surface area contributed by atoms with Crippen LogP contribution in [-0.4, -0.2) is 104 Å². The molecule has 0 spiro atoms. The molecule has 1 aliphatic carbocycles. The predicted molar refractivity (Wildman–Crippen MR) is 224 cm³/mol.